The van der Waals surface area contributed by atoms with E-state index >= 15 is 0 Å². The van der Waals surface area contributed by atoms with Crippen LogP contribution in [0, 0.1) is 5.92 Å². The van der Waals surface area contributed by atoms with Crippen LogP contribution in [0.1, 0.15) is 13.8 Å². The molecule has 0 saturated carbocycles. The first kappa shape index (κ1) is 12.6. The van der Waals surface area contributed by atoms with E-state index in [-0.39, 0.29) is 11.7 Å². The fourth-order valence-electron chi connectivity index (χ4n) is 1.01. The van der Waals surface area contributed by atoms with Gasteiger partial charge in [-0.1, -0.05) is 12.2 Å². The van der Waals surface area contributed by atoms with Crippen LogP contribution in [0.4, 0.5) is 0 Å². The van der Waals surface area contributed by atoms with Crippen LogP contribution in [0.25, 0.3) is 0 Å². The maximum absolute atomic E-state index is 11.7. The van der Waals surface area contributed by atoms with Crippen molar-refractivity contribution in [2.75, 3.05) is 13.1 Å². The van der Waals surface area contributed by atoms with Crippen LogP contribution in [0.5, 0.6) is 0 Å². The molecule has 78 valence electrons. The molecule has 0 N–H and O–H groups in total. The van der Waals surface area contributed by atoms with Crippen molar-refractivity contribution in [3.05, 3.63) is 25.3 Å². The molecule has 0 rings (SSSR count). The second-order valence-corrected chi connectivity index (χ2v) is 3.15. The predicted molar refractivity (Wildman–Crippen MR) is 56.8 cm³/mol. The molecule has 3 nitrogen and oxygen atoms in total. The molecule has 0 aliphatic heterocycles. The van der Waals surface area contributed by atoms with Gasteiger partial charge in [0.2, 0.25) is 5.91 Å². The summed E-state index contributed by atoms with van der Waals surface area (Å²) in [6, 6.07) is 0. The highest BCUT2D eigenvalue weighted by Crippen LogP contribution is 2.04. The van der Waals surface area contributed by atoms with Crippen LogP contribution >= 0.6 is 0 Å². The van der Waals surface area contributed by atoms with Gasteiger partial charge in [0.05, 0.1) is 5.92 Å². The minimum absolute atomic E-state index is 0.117. The molecule has 1 atom stereocenters. The Morgan fingerprint density at radius 1 is 1.29 bits per heavy atom. The van der Waals surface area contributed by atoms with Gasteiger partial charge in [-0.15, -0.1) is 13.2 Å². The van der Waals surface area contributed by atoms with E-state index in [0.717, 1.165) is 0 Å². The van der Waals surface area contributed by atoms with Gasteiger partial charge in [-0.2, -0.15) is 0 Å². The normalized spacial score (nSPS) is 11.6. The van der Waals surface area contributed by atoms with Gasteiger partial charge in [-0.05, 0) is 13.8 Å². The summed E-state index contributed by atoms with van der Waals surface area (Å²) in [6.07, 6.45) is 3.27. The Labute approximate surface area is 85.1 Å². The number of rotatable bonds is 6. The molecule has 0 radical (unpaired) electrons. The Hall–Kier alpha value is -1.38. The largest absolute Gasteiger partial charge is 0.335 e. The SMILES string of the molecule is C=CCN(CC=C)C(=O)C(C)C(C)=O. The van der Waals surface area contributed by atoms with E-state index in [4.69, 9.17) is 0 Å². The van der Waals surface area contributed by atoms with Gasteiger partial charge in [0, 0.05) is 13.1 Å². The third-order valence-corrected chi connectivity index (χ3v) is 1.99. The highest BCUT2D eigenvalue weighted by molar-refractivity contribution is 5.99. The lowest BCUT2D eigenvalue weighted by atomic mass is 10.1. The van der Waals surface area contributed by atoms with Crippen molar-refractivity contribution in [2.24, 2.45) is 5.92 Å². The van der Waals surface area contributed by atoms with Crippen LogP contribution in [0.15, 0.2) is 25.3 Å². The van der Waals surface area contributed by atoms with Crippen molar-refractivity contribution in [1.82, 2.24) is 4.90 Å². The molecule has 0 aromatic carbocycles. The van der Waals surface area contributed by atoms with Gasteiger partial charge < -0.3 is 4.90 Å². The van der Waals surface area contributed by atoms with Gasteiger partial charge in [0.1, 0.15) is 5.78 Å². The van der Waals surface area contributed by atoms with Crippen LogP contribution in [-0.4, -0.2) is 29.7 Å². The van der Waals surface area contributed by atoms with Gasteiger partial charge >= 0.3 is 0 Å². The molecular weight excluding hydrogens is 178 g/mol. The fourth-order valence-corrected chi connectivity index (χ4v) is 1.01. The van der Waals surface area contributed by atoms with Crippen molar-refractivity contribution >= 4 is 11.7 Å². The maximum Gasteiger partial charge on any atom is 0.233 e. The van der Waals surface area contributed by atoms with Crippen LogP contribution in [0.3, 0.4) is 0 Å². The number of carbonyl (C=O) groups is 2. The van der Waals surface area contributed by atoms with Crippen LogP contribution in [0.2, 0.25) is 0 Å². The van der Waals surface area contributed by atoms with E-state index in [0.29, 0.717) is 13.1 Å². The Bertz CT molecular complexity index is 236. The zero-order valence-electron chi connectivity index (χ0n) is 8.82. The van der Waals surface area contributed by atoms with Crippen molar-refractivity contribution in [3.63, 3.8) is 0 Å². The molecule has 3 heteroatoms. The first-order chi connectivity index (χ1) is 6.54. The lowest BCUT2D eigenvalue weighted by Crippen LogP contribution is -2.37. The van der Waals surface area contributed by atoms with E-state index < -0.39 is 5.92 Å². The summed E-state index contributed by atoms with van der Waals surface area (Å²) in [6.45, 7) is 11.0. The van der Waals surface area contributed by atoms with E-state index in [1.54, 1.807) is 24.0 Å². The van der Waals surface area contributed by atoms with Crippen LogP contribution in [-0.2, 0) is 9.59 Å². The first-order valence-electron chi connectivity index (χ1n) is 4.55. The summed E-state index contributed by atoms with van der Waals surface area (Å²) >= 11 is 0. The molecule has 0 aromatic rings. The highest BCUT2D eigenvalue weighted by atomic mass is 16.2. The van der Waals surface area contributed by atoms with Crippen molar-refractivity contribution in [3.8, 4) is 0 Å². The summed E-state index contributed by atoms with van der Waals surface area (Å²) < 4.78 is 0. The molecule has 0 aliphatic carbocycles. The van der Waals surface area contributed by atoms with Crippen LogP contribution < -0.4 is 0 Å². The number of nitrogens with zero attached hydrogens (tertiary/aromatic N) is 1. The summed E-state index contributed by atoms with van der Waals surface area (Å²) in [5.41, 5.74) is 0. The lowest BCUT2D eigenvalue weighted by Gasteiger charge is -2.21. The monoisotopic (exact) mass is 195 g/mol. The van der Waals surface area contributed by atoms with E-state index in [1.165, 1.54) is 6.92 Å². The minimum Gasteiger partial charge on any atom is -0.335 e. The lowest BCUT2D eigenvalue weighted by molar-refractivity contribution is -0.139. The summed E-state index contributed by atoms with van der Waals surface area (Å²) in [5, 5.41) is 0. The number of carbonyl (C=O) groups excluding carboxylic acids is 2. The zero-order chi connectivity index (χ0) is 11.1. The Balaban J connectivity index is 4.48. The maximum atomic E-state index is 11.7. The second-order valence-electron chi connectivity index (χ2n) is 3.15. The first-order valence-corrected chi connectivity index (χ1v) is 4.55. The standard InChI is InChI=1S/C11H17NO2/c1-5-7-12(8-6-2)11(14)9(3)10(4)13/h5-6,9H,1-2,7-8H2,3-4H3. The topological polar surface area (TPSA) is 37.4 Å². The van der Waals surface area contributed by atoms with Gasteiger partial charge in [-0.25, -0.2) is 0 Å². The average Bonchev–Trinajstić information content (AvgIpc) is 2.15. The molecule has 0 aliphatic rings. The number of amides is 1. The summed E-state index contributed by atoms with van der Waals surface area (Å²) in [4.78, 5) is 24.2. The van der Waals surface area contributed by atoms with E-state index in [2.05, 4.69) is 13.2 Å². The zero-order valence-corrected chi connectivity index (χ0v) is 8.82. The molecule has 1 amide bonds. The molecule has 0 heterocycles. The molecule has 0 bridgehead atoms. The minimum atomic E-state index is -0.574. The van der Waals surface area contributed by atoms with Crippen molar-refractivity contribution in [2.45, 2.75) is 13.8 Å². The van der Waals surface area contributed by atoms with E-state index in [1.807, 2.05) is 0 Å². The van der Waals surface area contributed by atoms with Crippen molar-refractivity contribution in [1.29, 1.82) is 0 Å². The van der Waals surface area contributed by atoms with Gasteiger partial charge in [-0.3, -0.25) is 9.59 Å². The smallest absolute Gasteiger partial charge is 0.233 e. The fraction of sp³-hybridized carbons (Fsp3) is 0.455. The quantitative estimate of drug-likeness (QED) is 0.474. The van der Waals surface area contributed by atoms with Crippen molar-refractivity contribution < 1.29 is 9.59 Å². The molecular formula is C11H17NO2. The van der Waals surface area contributed by atoms with E-state index in [9.17, 15) is 9.59 Å². The number of ketones is 1. The third kappa shape index (κ3) is 3.56. The molecule has 0 saturated heterocycles. The average molecular weight is 195 g/mol. The number of Topliss-reactive ketones (excluding diaryl/α,β-unsaturated/α-hetero) is 1. The predicted octanol–water partition coefficient (Wildman–Crippen LogP) is 1.41. The highest BCUT2D eigenvalue weighted by Gasteiger charge is 2.21. The summed E-state index contributed by atoms with van der Waals surface area (Å²) in [7, 11) is 0. The summed E-state index contributed by atoms with van der Waals surface area (Å²) in [5.74, 6) is -0.861. The third-order valence-electron chi connectivity index (χ3n) is 1.99. The Morgan fingerprint density at radius 2 is 1.71 bits per heavy atom. The Morgan fingerprint density at radius 3 is 2.00 bits per heavy atom. The van der Waals surface area contributed by atoms with Gasteiger partial charge in [0.15, 0.2) is 0 Å². The molecule has 0 aromatic heterocycles. The number of hydrogen-bond acceptors (Lipinski definition) is 2. The number of hydrogen-bond donors (Lipinski definition) is 0. The Kier molecular flexibility index (Phi) is 5.53. The second kappa shape index (κ2) is 6.13. The molecule has 1 unspecified atom stereocenters. The van der Waals surface area contributed by atoms with Gasteiger partial charge in [0.25, 0.3) is 0 Å². The molecule has 0 spiro atoms. The molecule has 0 fully saturated rings. The molecule has 14 heavy (non-hydrogen) atoms.